The van der Waals surface area contributed by atoms with Crippen molar-refractivity contribution in [2.24, 2.45) is 0 Å². The van der Waals surface area contributed by atoms with Crippen LogP contribution in [0.1, 0.15) is 43.4 Å². The second-order valence-corrected chi connectivity index (χ2v) is 7.95. The predicted molar refractivity (Wildman–Crippen MR) is 101 cm³/mol. The number of amides is 4. The molecule has 0 atom stereocenters. The molecule has 0 aromatic carbocycles. The number of hydrogen-bond donors (Lipinski definition) is 1. The average molecular weight is 375 g/mol. The highest BCUT2D eigenvalue weighted by molar-refractivity contribution is 7.09. The number of nitrogens with one attached hydrogen (secondary N) is 1. The molecule has 26 heavy (non-hydrogen) atoms. The van der Waals surface area contributed by atoms with E-state index in [1.807, 2.05) is 17.5 Å². The molecule has 1 aromatic rings. The summed E-state index contributed by atoms with van der Waals surface area (Å²) in [6.45, 7) is 5.06. The van der Waals surface area contributed by atoms with E-state index >= 15 is 0 Å². The molecular formula is C19H25N3O3S. The molecule has 1 aliphatic carbocycles. The Morgan fingerprint density at radius 3 is 2.81 bits per heavy atom. The van der Waals surface area contributed by atoms with E-state index in [4.69, 9.17) is 0 Å². The quantitative estimate of drug-likeness (QED) is 0.561. The average Bonchev–Trinajstić information content (AvgIpc) is 3.33. The third-order valence-electron chi connectivity index (χ3n) is 5.10. The lowest BCUT2D eigenvalue weighted by Gasteiger charge is -2.22. The van der Waals surface area contributed by atoms with Gasteiger partial charge >= 0.3 is 6.03 Å². The molecule has 0 bridgehead atoms. The molecule has 3 rings (SSSR count). The van der Waals surface area contributed by atoms with Gasteiger partial charge < -0.3 is 10.2 Å². The summed E-state index contributed by atoms with van der Waals surface area (Å²) < 4.78 is 0. The van der Waals surface area contributed by atoms with Crippen molar-refractivity contribution < 1.29 is 14.4 Å². The number of carbonyl (C=O) groups is 3. The Bertz CT molecular complexity index is 680. The maximum absolute atomic E-state index is 12.6. The number of urea groups is 1. The van der Waals surface area contributed by atoms with Crippen LogP contribution in [0, 0.1) is 0 Å². The van der Waals surface area contributed by atoms with E-state index in [0.717, 1.165) is 30.6 Å². The summed E-state index contributed by atoms with van der Waals surface area (Å²) in [5.41, 5.74) is -0.671. The summed E-state index contributed by atoms with van der Waals surface area (Å²) in [5.74, 6) is -0.102. The first kappa shape index (κ1) is 18.6. The number of rotatable bonds is 8. The summed E-state index contributed by atoms with van der Waals surface area (Å²) in [4.78, 5) is 41.4. The highest BCUT2D eigenvalue weighted by atomic mass is 32.1. The molecule has 1 saturated carbocycles. The Hall–Kier alpha value is -2.15. The first-order valence-electron chi connectivity index (χ1n) is 9.11. The minimum atomic E-state index is -0.671. The van der Waals surface area contributed by atoms with Crippen LogP contribution in [0.4, 0.5) is 4.79 Å². The van der Waals surface area contributed by atoms with E-state index in [2.05, 4.69) is 11.9 Å². The predicted octanol–water partition coefficient (Wildman–Crippen LogP) is 2.91. The molecule has 4 amide bonds. The second-order valence-electron chi connectivity index (χ2n) is 6.92. The summed E-state index contributed by atoms with van der Waals surface area (Å²) in [6, 6.07) is 3.65. The second kappa shape index (κ2) is 8.03. The number of imide groups is 1. The van der Waals surface area contributed by atoms with Gasteiger partial charge in [0.1, 0.15) is 5.54 Å². The molecule has 0 unspecified atom stereocenters. The lowest BCUT2D eigenvalue weighted by Crippen LogP contribution is -2.44. The molecule has 1 spiro atoms. The van der Waals surface area contributed by atoms with E-state index in [0.29, 0.717) is 32.5 Å². The van der Waals surface area contributed by atoms with Crippen LogP contribution < -0.4 is 5.32 Å². The monoisotopic (exact) mass is 375 g/mol. The molecule has 6 nitrogen and oxygen atoms in total. The first-order chi connectivity index (χ1) is 12.6. The van der Waals surface area contributed by atoms with Crippen molar-refractivity contribution in [1.82, 2.24) is 15.1 Å². The molecule has 1 saturated heterocycles. The molecule has 7 heteroatoms. The van der Waals surface area contributed by atoms with Crippen LogP contribution in [-0.2, 0) is 16.1 Å². The van der Waals surface area contributed by atoms with E-state index < -0.39 is 5.54 Å². The van der Waals surface area contributed by atoms with Gasteiger partial charge in [-0.3, -0.25) is 14.5 Å². The molecule has 0 radical (unpaired) electrons. The first-order valence-corrected chi connectivity index (χ1v) is 9.99. The Kier molecular flexibility index (Phi) is 5.76. The topological polar surface area (TPSA) is 69.7 Å². The fourth-order valence-corrected chi connectivity index (χ4v) is 4.46. The van der Waals surface area contributed by atoms with Gasteiger partial charge in [0.15, 0.2) is 0 Å². The van der Waals surface area contributed by atoms with Gasteiger partial charge in [0, 0.05) is 24.4 Å². The van der Waals surface area contributed by atoms with Crippen molar-refractivity contribution in [2.45, 2.75) is 50.6 Å². The summed E-state index contributed by atoms with van der Waals surface area (Å²) in [7, 11) is 0. The zero-order valence-electron chi connectivity index (χ0n) is 14.9. The summed E-state index contributed by atoms with van der Waals surface area (Å²) in [5, 5.41) is 4.86. The Balaban J connectivity index is 1.51. The van der Waals surface area contributed by atoms with Crippen LogP contribution in [0.25, 0.3) is 0 Å². The molecule has 140 valence electrons. The van der Waals surface area contributed by atoms with Gasteiger partial charge in [-0.25, -0.2) is 4.79 Å². The van der Waals surface area contributed by atoms with Crippen molar-refractivity contribution in [3.05, 3.63) is 35.0 Å². The van der Waals surface area contributed by atoms with Crippen LogP contribution in [0.2, 0.25) is 0 Å². The van der Waals surface area contributed by atoms with Gasteiger partial charge in [-0.05, 0) is 30.7 Å². The van der Waals surface area contributed by atoms with Gasteiger partial charge in [0.2, 0.25) is 5.91 Å². The smallest absolute Gasteiger partial charge is 0.325 e. The fourth-order valence-electron chi connectivity index (χ4n) is 3.74. The number of thiophene rings is 1. The van der Waals surface area contributed by atoms with E-state index in [9.17, 15) is 14.4 Å². The Morgan fingerprint density at radius 1 is 1.38 bits per heavy atom. The minimum Gasteiger partial charge on any atom is -0.334 e. The number of hydrogen-bond acceptors (Lipinski definition) is 4. The van der Waals surface area contributed by atoms with Gasteiger partial charge in [-0.1, -0.05) is 25.0 Å². The number of carbonyl (C=O) groups excluding carboxylic acids is 3. The van der Waals surface area contributed by atoms with Crippen molar-refractivity contribution in [3.8, 4) is 0 Å². The van der Waals surface area contributed by atoms with Crippen molar-refractivity contribution in [1.29, 1.82) is 0 Å². The van der Waals surface area contributed by atoms with E-state index in [1.165, 1.54) is 4.90 Å². The van der Waals surface area contributed by atoms with Crippen LogP contribution in [0.5, 0.6) is 0 Å². The zero-order valence-corrected chi connectivity index (χ0v) is 15.7. The summed E-state index contributed by atoms with van der Waals surface area (Å²) in [6.07, 6.45) is 5.89. The standard InChI is InChI=1S/C19H25N3O3S/c1-2-11-21(14-15-7-6-13-26-15)16(23)8-5-12-22-17(24)19(20-18(22)25)9-3-4-10-19/h2,6-7,13H,1,3-5,8-12,14H2,(H,20,25). The van der Waals surface area contributed by atoms with Crippen LogP contribution >= 0.6 is 11.3 Å². The maximum atomic E-state index is 12.6. The van der Waals surface area contributed by atoms with Gasteiger partial charge in [-0.2, -0.15) is 0 Å². The van der Waals surface area contributed by atoms with Crippen molar-refractivity contribution in [2.75, 3.05) is 13.1 Å². The van der Waals surface area contributed by atoms with Crippen LogP contribution in [-0.4, -0.2) is 46.3 Å². The largest absolute Gasteiger partial charge is 0.334 e. The van der Waals surface area contributed by atoms with E-state index in [-0.39, 0.29) is 17.8 Å². The molecular weight excluding hydrogens is 350 g/mol. The normalized spacial score (nSPS) is 18.4. The fraction of sp³-hybridized carbons (Fsp3) is 0.526. The Morgan fingerprint density at radius 2 is 2.15 bits per heavy atom. The molecule has 2 aliphatic rings. The zero-order chi connectivity index (χ0) is 18.6. The van der Waals surface area contributed by atoms with Gasteiger partial charge in [0.25, 0.3) is 5.91 Å². The third kappa shape index (κ3) is 3.82. The lowest BCUT2D eigenvalue weighted by atomic mass is 9.98. The third-order valence-corrected chi connectivity index (χ3v) is 5.97. The molecule has 2 heterocycles. The van der Waals surface area contributed by atoms with Crippen molar-refractivity contribution >= 4 is 29.2 Å². The van der Waals surface area contributed by atoms with Gasteiger partial charge in [-0.15, -0.1) is 17.9 Å². The minimum absolute atomic E-state index is 0.0148. The molecule has 1 aliphatic heterocycles. The van der Waals surface area contributed by atoms with Crippen molar-refractivity contribution in [3.63, 3.8) is 0 Å². The highest BCUT2D eigenvalue weighted by Crippen LogP contribution is 2.35. The van der Waals surface area contributed by atoms with E-state index in [1.54, 1.807) is 22.3 Å². The summed E-state index contributed by atoms with van der Waals surface area (Å²) >= 11 is 1.62. The Labute approximate surface area is 157 Å². The van der Waals surface area contributed by atoms with Gasteiger partial charge in [0.05, 0.1) is 6.54 Å². The van der Waals surface area contributed by atoms with Crippen LogP contribution in [0.3, 0.4) is 0 Å². The highest BCUT2D eigenvalue weighted by Gasteiger charge is 2.52. The molecule has 2 fully saturated rings. The molecule has 1 aromatic heterocycles. The SMILES string of the molecule is C=CCN(Cc1cccs1)C(=O)CCCN1C(=O)NC2(CCCC2)C1=O. The molecule has 1 N–H and O–H groups in total. The number of nitrogens with zero attached hydrogens (tertiary/aromatic N) is 2. The lowest BCUT2D eigenvalue weighted by molar-refractivity contribution is -0.133. The van der Waals surface area contributed by atoms with Crippen LogP contribution in [0.15, 0.2) is 30.2 Å². The maximum Gasteiger partial charge on any atom is 0.325 e.